The fourth-order valence-electron chi connectivity index (χ4n) is 3.61. The van der Waals surface area contributed by atoms with E-state index in [2.05, 4.69) is 23.6 Å². The van der Waals surface area contributed by atoms with E-state index in [9.17, 15) is 14.7 Å². The molecule has 2 atom stereocenters. The molecule has 1 amide bonds. The number of likely N-dealkylation sites (tertiary alicyclic amines) is 1. The minimum atomic E-state index is -0.834. The average Bonchev–Trinajstić information content (AvgIpc) is 2.52. The van der Waals surface area contributed by atoms with Gasteiger partial charge in [0, 0.05) is 51.4 Å². The molecule has 2 fully saturated rings. The zero-order valence-electron chi connectivity index (χ0n) is 16.2. The van der Waals surface area contributed by atoms with Gasteiger partial charge in [-0.1, -0.05) is 0 Å². The second-order valence-corrected chi connectivity index (χ2v) is 8.48. The van der Waals surface area contributed by atoms with Crippen molar-refractivity contribution in [1.29, 1.82) is 0 Å². The molecule has 1 N–H and O–H groups in total. The number of ether oxygens (including phenoxy) is 1. The normalized spacial score (nSPS) is 26.7. The molecule has 0 spiro atoms. The highest BCUT2D eigenvalue weighted by Gasteiger charge is 2.38. The lowest BCUT2D eigenvalue weighted by Crippen LogP contribution is -2.59. The van der Waals surface area contributed by atoms with Crippen LogP contribution >= 0.6 is 0 Å². The summed E-state index contributed by atoms with van der Waals surface area (Å²) < 4.78 is 5.46. The molecule has 2 heterocycles. The molecule has 2 saturated heterocycles. The number of piperazine rings is 1. The van der Waals surface area contributed by atoms with Crippen LogP contribution in [0.4, 0.5) is 4.79 Å². The number of rotatable bonds is 3. The van der Waals surface area contributed by atoms with Gasteiger partial charge < -0.3 is 14.7 Å². The van der Waals surface area contributed by atoms with Crippen LogP contribution in [0.5, 0.6) is 0 Å². The smallest absolute Gasteiger partial charge is 0.410 e. The summed E-state index contributed by atoms with van der Waals surface area (Å²) in [5.74, 6) is -1.37. The Morgan fingerprint density at radius 3 is 2.16 bits per heavy atom. The molecule has 25 heavy (non-hydrogen) atoms. The van der Waals surface area contributed by atoms with Crippen LogP contribution in [0.2, 0.25) is 0 Å². The molecular formula is C18H33N3O4. The van der Waals surface area contributed by atoms with Crippen LogP contribution in [0.1, 0.15) is 41.0 Å². The van der Waals surface area contributed by atoms with Crippen molar-refractivity contribution in [1.82, 2.24) is 14.7 Å². The van der Waals surface area contributed by atoms with Crippen molar-refractivity contribution in [3.05, 3.63) is 0 Å². The fraction of sp³-hybridized carbons (Fsp3) is 0.889. The molecule has 0 bridgehead atoms. The number of hydrogen-bond acceptors (Lipinski definition) is 5. The molecule has 0 aromatic rings. The van der Waals surface area contributed by atoms with E-state index in [4.69, 9.17) is 4.74 Å². The van der Waals surface area contributed by atoms with Crippen LogP contribution in [-0.2, 0) is 9.53 Å². The van der Waals surface area contributed by atoms with E-state index in [1.807, 2.05) is 20.8 Å². The predicted octanol–water partition coefficient (Wildman–Crippen LogP) is 1.72. The molecule has 0 aliphatic carbocycles. The van der Waals surface area contributed by atoms with E-state index in [0.29, 0.717) is 19.0 Å². The number of carboxylic acid groups (broad SMARTS) is 1. The average molecular weight is 355 g/mol. The molecule has 7 nitrogen and oxygen atoms in total. The van der Waals surface area contributed by atoms with Crippen LogP contribution in [0.25, 0.3) is 0 Å². The van der Waals surface area contributed by atoms with Crippen LogP contribution in [0.3, 0.4) is 0 Å². The molecule has 2 aliphatic heterocycles. The first kappa shape index (κ1) is 20.0. The summed E-state index contributed by atoms with van der Waals surface area (Å²) in [5, 5.41) is 9.50. The molecule has 0 unspecified atom stereocenters. The highest BCUT2D eigenvalue weighted by Crippen LogP contribution is 2.24. The van der Waals surface area contributed by atoms with Crippen molar-refractivity contribution in [2.45, 2.75) is 58.7 Å². The third-order valence-corrected chi connectivity index (χ3v) is 5.02. The third-order valence-electron chi connectivity index (χ3n) is 5.02. The minimum Gasteiger partial charge on any atom is -0.481 e. The summed E-state index contributed by atoms with van der Waals surface area (Å²) in [6.45, 7) is 14.4. The maximum Gasteiger partial charge on any atom is 0.410 e. The molecule has 7 heteroatoms. The van der Waals surface area contributed by atoms with E-state index < -0.39 is 23.6 Å². The number of carbonyl (C=O) groups is 2. The van der Waals surface area contributed by atoms with Gasteiger partial charge >= 0.3 is 12.1 Å². The van der Waals surface area contributed by atoms with Gasteiger partial charge in [-0.2, -0.15) is 0 Å². The Morgan fingerprint density at radius 2 is 1.68 bits per heavy atom. The van der Waals surface area contributed by atoms with Crippen LogP contribution in [0.15, 0.2) is 0 Å². The SMILES string of the molecule is CC(C)N1CCN([C@@H]2C[C@@H](C(=O)O)CN(C(=O)OC(C)(C)C)C2)CC1. The van der Waals surface area contributed by atoms with Crippen LogP contribution in [0, 0.1) is 5.92 Å². The Bertz CT molecular complexity index is 481. The second kappa shape index (κ2) is 7.91. The first-order valence-electron chi connectivity index (χ1n) is 9.25. The number of amides is 1. The van der Waals surface area contributed by atoms with Gasteiger partial charge in [0.15, 0.2) is 0 Å². The van der Waals surface area contributed by atoms with Crippen molar-refractivity contribution in [3.8, 4) is 0 Å². The van der Waals surface area contributed by atoms with Gasteiger partial charge in [-0.25, -0.2) is 4.79 Å². The summed E-state index contributed by atoms with van der Waals surface area (Å²) in [4.78, 5) is 30.4. The van der Waals surface area contributed by atoms with Gasteiger partial charge in [0.2, 0.25) is 0 Å². The molecule has 2 aliphatic rings. The van der Waals surface area contributed by atoms with E-state index in [0.717, 1.165) is 26.2 Å². The molecule has 0 aromatic heterocycles. The largest absolute Gasteiger partial charge is 0.481 e. The molecule has 0 aromatic carbocycles. The zero-order chi connectivity index (χ0) is 18.8. The molecule has 144 valence electrons. The lowest BCUT2D eigenvalue weighted by molar-refractivity contribution is -0.144. The number of piperidine rings is 1. The quantitative estimate of drug-likeness (QED) is 0.831. The number of nitrogens with zero attached hydrogens (tertiary/aromatic N) is 3. The first-order chi connectivity index (χ1) is 11.6. The summed E-state index contributed by atoms with van der Waals surface area (Å²) in [6.07, 6.45) is 0.181. The highest BCUT2D eigenvalue weighted by atomic mass is 16.6. The highest BCUT2D eigenvalue weighted by molar-refractivity contribution is 5.73. The lowest BCUT2D eigenvalue weighted by Gasteiger charge is -2.45. The maximum atomic E-state index is 12.4. The summed E-state index contributed by atoms with van der Waals surface area (Å²) in [5.41, 5.74) is -0.578. The van der Waals surface area contributed by atoms with Gasteiger partial charge in [-0.3, -0.25) is 14.6 Å². The topological polar surface area (TPSA) is 73.3 Å². The minimum absolute atomic E-state index is 0.0803. The Kier molecular flexibility index (Phi) is 6.32. The lowest BCUT2D eigenvalue weighted by atomic mass is 9.93. The Hall–Kier alpha value is -1.34. The molecule has 0 radical (unpaired) electrons. The first-order valence-corrected chi connectivity index (χ1v) is 9.25. The van der Waals surface area contributed by atoms with Gasteiger partial charge in [-0.15, -0.1) is 0 Å². The van der Waals surface area contributed by atoms with Gasteiger partial charge in [-0.05, 0) is 41.0 Å². The monoisotopic (exact) mass is 355 g/mol. The van der Waals surface area contributed by atoms with E-state index in [-0.39, 0.29) is 12.6 Å². The predicted molar refractivity (Wildman–Crippen MR) is 95.6 cm³/mol. The fourth-order valence-corrected chi connectivity index (χ4v) is 3.61. The van der Waals surface area contributed by atoms with Crippen molar-refractivity contribution in [2.24, 2.45) is 5.92 Å². The number of hydrogen-bond donors (Lipinski definition) is 1. The number of aliphatic carboxylic acids is 1. The Balaban J connectivity index is 2.02. The molecular weight excluding hydrogens is 322 g/mol. The summed E-state index contributed by atoms with van der Waals surface area (Å²) in [6, 6.07) is 0.607. The van der Waals surface area contributed by atoms with Crippen molar-refractivity contribution in [3.63, 3.8) is 0 Å². The van der Waals surface area contributed by atoms with Gasteiger partial charge in [0.1, 0.15) is 5.60 Å². The van der Waals surface area contributed by atoms with Crippen LogP contribution in [-0.4, -0.2) is 88.8 Å². The van der Waals surface area contributed by atoms with Gasteiger partial charge in [0.05, 0.1) is 5.92 Å². The maximum absolute atomic E-state index is 12.4. The zero-order valence-corrected chi connectivity index (χ0v) is 16.2. The van der Waals surface area contributed by atoms with Crippen molar-refractivity contribution in [2.75, 3.05) is 39.3 Å². The van der Waals surface area contributed by atoms with E-state index in [1.165, 1.54) is 0 Å². The third kappa shape index (κ3) is 5.57. The van der Waals surface area contributed by atoms with Crippen molar-refractivity contribution >= 4 is 12.1 Å². The van der Waals surface area contributed by atoms with Crippen LogP contribution < -0.4 is 0 Å². The molecule has 0 saturated carbocycles. The number of carbonyl (C=O) groups excluding carboxylic acids is 1. The summed E-state index contributed by atoms with van der Waals surface area (Å²) in [7, 11) is 0. The Morgan fingerprint density at radius 1 is 1.08 bits per heavy atom. The van der Waals surface area contributed by atoms with E-state index in [1.54, 1.807) is 4.90 Å². The van der Waals surface area contributed by atoms with Gasteiger partial charge in [0.25, 0.3) is 0 Å². The van der Waals surface area contributed by atoms with Crippen molar-refractivity contribution < 1.29 is 19.4 Å². The second-order valence-electron chi connectivity index (χ2n) is 8.48. The number of carboxylic acids is 1. The van der Waals surface area contributed by atoms with E-state index >= 15 is 0 Å². The molecule has 2 rings (SSSR count). The Labute approximate surface area is 150 Å². The summed E-state index contributed by atoms with van der Waals surface area (Å²) >= 11 is 0. The standard InChI is InChI=1S/C18H33N3O4/c1-13(2)19-6-8-20(9-7-19)15-10-14(16(22)23)11-21(12-15)17(24)25-18(3,4)5/h13-15H,6-12H2,1-5H3,(H,22,23)/t14-,15-/m1/s1.